The molecule has 0 bridgehead atoms. The SMILES string of the molecule is CCCCCCCCCCCOc1ccc(NC(=O)ON=C(C)C)cc1. The van der Waals surface area contributed by atoms with E-state index in [2.05, 4.69) is 22.2 Å². The van der Waals surface area contributed by atoms with Gasteiger partial charge in [0.2, 0.25) is 0 Å². The number of hydrogen-bond acceptors (Lipinski definition) is 4. The van der Waals surface area contributed by atoms with Gasteiger partial charge in [-0.15, -0.1) is 0 Å². The Balaban J connectivity index is 2.10. The molecule has 0 radical (unpaired) electrons. The predicted molar refractivity (Wildman–Crippen MR) is 108 cm³/mol. The fourth-order valence-electron chi connectivity index (χ4n) is 2.51. The number of unbranched alkanes of at least 4 members (excludes halogenated alkanes) is 8. The molecule has 0 spiro atoms. The number of anilines is 1. The Morgan fingerprint density at radius 3 is 2.08 bits per heavy atom. The molecular weight excluding hydrogens is 328 g/mol. The number of benzene rings is 1. The summed E-state index contributed by atoms with van der Waals surface area (Å²) in [7, 11) is 0. The van der Waals surface area contributed by atoms with Crippen molar-refractivity contribution >= 4 is 17.5 Å². The van der Waals surface area contributed by atoms with Crippen LogP contribution in [-0.2, 0) is 4.84 Å². The smallest absolute Gasteiger partial charge is 0.437 e. The van der Waals surface area contributed by atoms with Crippen molar-refractivity contribution in [2.75, 3.05) is 11.9 Å². The van der Waals surface area contributed by atoms with Crippen LogP contribution < -0.4 is 10.1 Å². The Morgan fingerprint density at radius 2 is 1.50 bits per heavy atom. The fourth-order valence-corrected chi connectivity index (χ4v) is 2.51. The summed E-state index contributed by atoms with van der Waals surface area (Å²) in [6, 6.07) is 7.26. The minimum atomic E-state index is -0.602. The van der Waals surface area contributed by atoms with Gasteiger partial charge in [0.25, 0.3) is 0 Å². The third-order valence-corrected chi connectivity index (χ3v) is 3.93. The molecule has 0 unspecified atom stereocenters. The van der Waals surface area contributed by atoms with Gasteiger partial charge in [-0.25, -0.2) is 4.79 Å². The van der Waals surface area contributed by atoms with Gasteiger partial charge in [-0.1, -0.05) is 63.4 Å². The van der Waals surface area contributed by atoms with Crippen molar-refractivity contribution in [1.29, 1.82) is 0 Å². The van der Waals surface area contributed by atoms with Gasteiger partial charge in [0.05, 0.1) is 12.3 Å². The second-order valence-corrected chi connectivity index (χ2v) is 6.74. The summed E-state index contributed by atoms with van der Waals surface area (Å²) in [5, 5.41) is 6.22. The van der Waals surface area contributed by atoms with Crippen LogP contribution in [0.4, 0.5) is 10.5 Å². The van der Waals surface area contributed by atoms with E-state index in [9.17, 15) is 4.79 Å². The maximum Gasteiger partial charge on any atom is 0.437 e. The Labute approximate surface area is 158 Å². The molecule has 1 N–H and O–H groups in total. The average molecular weight is 363 g/mol. The summed E-state index contributed by atoms with van der Waals surface area (Å²) in [5.41, 5.74) is 1.33. The molecule has 0 atom stereocenters. The molecule has 26 heavy (non-hydrogen) atoms. The highest BCUT2D eigenvalue weighted by molar-refractivity contribution is 5.86. The maximum atomic E-state index is 11.5. The van der Waals surface area contributed by atoms with Crippen molar-refractivity contribution in [2.24, 2.45) is 5.16 Å². The zero-order valence-electron chi connectivity index (χ0n) is 16.6. The van der Waals surface area contributed by atoms with Crippen LogP contribution in [0.5, 0.6) is 5.75 Å². The number of ether oxygens (including phenoxy) is 1. The summed E-state index contributed by atoms with van der Waals surface area (Å²) < 4.78 is 5.74. The van der Waals surface area contributed by atoms with Crippen LogP contribution in [0, 0.1) is 0 Å². The van der Waals surface area contributed by atoms with Crippen LogP contribution in [-0.4, -0.2) is 18.4 Å². The minimum absolute atomic E-state index is 0.602. The number of carbonyl (C=O) groups is 1. The molecule has 5 heteroatoms. The first-order valence-electron chi connectivity index (χ1n) is 9.84. The van der Waals surface area contributed by atoms with Crippen LogP contribution in [0.3, 0.4) is 0 Å². The van der Waals surface area contributed by atoms with E-state index in [0.29, 0.717) is 11.4 Å². The highest BCUT2D eigenvalue weighted by Gasteiger charge is 2.03. The van der Waals surface area contributed by atoms with Crippen molar-refractivity contribution in [3.8, 4) is 5.75 Å². The number of carbonyl (C=O) groups excluding carboxylic acids is 1. The van der Waals surface area contributed by atoms with Crippen LogP contribution in [0.1, 0.15) is 78.6 Å². The number of rotatable bonds is 13. The van der Waals surface area contributed by atoms with E-state index in [1.807, 2.05) is 12.1 Å². The monoisotopic (exact) mass is 362 g/mol. The molecule has 1 amide bonds. The Kier molecular flexibility index (Phi) is 12.0. The highest BCUT2D eigenvalue weighted by atomic mass is 16.7. The molecule has 0 aliphatic heterocycles. The molecule has 1 aromatic rings. The van der Waals surface area contributed by atoms with Gasteiger partial charge < -0.3 is 4.74 Å². The molecule has 1 rings (SSSR count). The molecule has 1 aromatic carbocycles. The Morgan fingerprint density at radius 1 is 0.923 bits per heavy atom. The number of amides is 1. The van der Waals surface area contributed by atoms with E-state index >= 15 is 0 Å². The molecule has 0 aliphatic rings. The molecule has 0 saturated heterocycles. The topological polar surface area (TPSA) is 59.9 Å². The third kappa shape index (κ3) is 11.5. The average Bonchev–Trinajstić information content (AvgIpc) is 2.63. The van der Waals surface area contributed by atoms with E-state index in [1.165, 1.54) is 51.4 Å². The van der Waals surface area contributed by atoms with Gasteiger partial charge in [0.1, 0.15) is 5.75 Å². The van der Waals surface area contributed by atoms with Gasteiger partial charge in [-0.3, -0.25) is 10.2 Å². The van der Waals surface area contributed by atoms with Crippen LogP contribution in [0.25, 0.3) is 0 Å². The molecule has 0 fully saturated rings. The lowest BCUT2D eigenvalue weighted by Gasteiger charge is -2.08. The number of nitrogens with one attached hydrogen (secondary N) is 1. The standard InChI is InChI=1S/C21H34N2O3/c1-4-5-6-7-8-9-10-11-12-17-25-20-15-13-19(14-16-20)22-21(24)26-23-18(2)3/h13-16H,4-12,17H2,1-3H3,(H,22,24). The molecule has 146 valence electrons. The maximum absolute atomic E-state index is 11.5. The second-order valence-electron chi connectivity index (χ2n) is 6.74. The lowest BCUT2D eigenvalue weighted by Crippen LogP contribution is -2.11. The van der Waals surface area contributed by atoms with E-state index in [0.717, 1.165) is 18.8 Å². The third-order valence-electron chi connectivity index (χ3n) is 3.93. The van der Waals surface area contributed by atoms with Crippen molar-refractivity contribution in [2.45, 2.75) is 78.6 Å². The zero-order chi connectivity index (χ0) is 19.0. The van der Waals surface area contributed by atoms with E-state index in [-0.39, 0.29) is 0 Å². The van der Waals surface area contributed by atoms with Crippen molar-refractivity contribution in [3.63, 3.8) is 0 Å². The minimum Gasteiger partial charge on any atom is -0.494 e. The first-order valence-corrected chi connectivity index (χ1v) is 9.84. The lowest BCUT2D eigenvalue weighted by molar-refractivity contribution is 0.166. The quantitative estimate of drug-likeness (QED) is 0.187. The van der Waals surface area contributed by atoms with Crippen LogP contribution >= 0.6 is 0 Å². The summed E-state index contributed by atoms with van der Waals surface area (Å²) in [6.45, 7) is 6.50. The fraction of sp³-hybridized carbons (Fsp3) is 0.619. The van der Waals surface area contributed by atoms with Gasteiger partial charge in [-0.05, 0) is 44.5 Å². The number of oxime groups is 1. The Hall–Kier alpha value is -2.04. The summed E-state index contributed by atoms with van der Waals surface area (Å²) in [6.07, 6.45) is 11.1. The van der Waals surface area contributed by atoms with Gasteiger partial charge in [0.15, 0.2) is 0 Å². The molecule has 0 aliphatic carbocycles. The van der Waals surface area contributed by atoms with Crippen LogP contribution in [0.15, 0.2) is 29.4 Å². The highest BCUT2D eigenvalue weighted by Crippen LogP contribution is 2.17. The van der Waals surface area contributed by atoms with E-state index < -0.39 is 6.09 Å². The van der Waals surface area contributed by atoms with Gasteiger partial charge in [0, 0.05) is 5.69 Å². The Bertz CT molecular complexity index is 523. The summed E-state index contributed by atoms with van der Waals surface area (Å²) >= 11 is 0. The van der Waals surface area contributed by atoms with Crippen molar-refractivity contribution in [3.05, 3.63) is 24.3 Å². The first-order chi connectivity index (χ1) is 12.6. The van der Waals surface area contributed by atoms with Crippen molar-refractivity contribution in [1.82, 2.24) is 0 Å². The lowest BCUT2D eigenvalue weighted by atomic mass is 10.1. The summed E-state index contributed by atoms with van der Waals surface area (Å²) in [4.78, 5) is 16.2. The largest absolute Gasteiger partial charge is 0.494 e. The number of hydrogen-bond donors (Lipinski definition) is 1. The second kappa shape index (κ2) is 14.2. The first kappa shape index (κ1) is 22.0. The van der Waals surface area contributed by atoms with Gasteiger partial charge >= 0.3 is 6.09 Å². The van der Waals surface area contributed by atoms with Crippen molar-refractivity contribution < 1.29 is 14.4 Å². The van der Waals surface area contributed by atoms with E-state index in [1.54, 1.807) is 26.0 Å². The zero-order valence-corrected chi connectivity index (χ0v) is 16.6. The van der Waals surface area contributed by atoms with Gasteiger partial charge in [-0.2, -0.15) is 0 Å². The number of nitrogens with zero attached hydrogens (tertiary/aromatic N) is 1. The summed E-state index contributed by atoms with van der Waals surface area (Å²) in [5.74, 6) is 0.811. The normalized spacial score (nSPS) is 10.3. The molecule has 0 heterocycles. The van der Waals surface area contributed by atoms with E-state index in [4.69, 9.17) is 4.74 Å². The van der Waals surface area contributed by atoms with Crippen LogP contribution in [0.2, 0.25) is 0 Å². The molecule has 0 saturated carbocycles. The molecular formula is C21H34N2O3. The molecule has 5 nitrogen and oxygen atoms in total. The predicted octanol–water partition coefficient (Wildman–Crippen LogP) is 6.54. The molecule has 0 aromatic heterocycles.